The van der Waals surface area contributed by atoms with Gasteiger partial charge in [-0.1, -0.05) is 42.8 Å². The molecule has 9 nitrogen and oxygen atoms in total. The Morgan fingerprint density at radius 2 is 1.92 bits per heavy atom. The zero-order valence-electron chi connectivity index (χ0n) is 21.6. The van der Waals surface area contributed by atoms with Gasteiger partial charge in [0.05, 0.1) is 23.1 Å². The van der Waals surface area contributed by atoms with Crippen molar-refractivity contribution >= 4 is 45.0 Å². The van der Waals surface area contributed by atoms with Crippen molar-refractivity contribution in [3.05, 3.63) is 91.8 Å². The van der Waals surface area contributed by atoms with Crippen LogP contribution in [0.1, 0.15) is 33.3 Å². The lowest BCUT2D eigenvalue weighted by Gasteiger charge is -2.13. The average Bonchev–Trinajstić information content (AvgIpc) is 3.22. The molecule has 204 valence electrons. The molecule has 0 aliphatic heterocycles. The number of amides is 2. The van der Waals surface area contributed by atoms with Gasteiger partial charge in [0, 0.05) is 29.2 Å². The van der Waals surface area contributed by atoms with Crippen molar-refractivity contribution in [3.63, 3.8) is 0 Å². The number of nitrogens with two attached hydrogens (primary N) is 1. The summed E-state index contributed by atoms with van der Waals surface area (Å²) in [4.78, 5) is 40.8. The number of halogens is 1. The van der Waals surface area contributed by atoms with E-state index in [4.69, 9.17) is 27.5 Å². The summed E-state index contributed by atoms with van der Waals surface area (Å²) < 4.78 is 2.06. The normalized spacial score (nSPS) is 11.3. The maximum atomic E-state index is 13.2. The first kappa shape index (κ1) is 30.8. The van der Waals surface area contributed by atoms with E-state index < -0.39 is 11.8 Å². The van der Waals surface area contributed by atoms with E-state index in [1.807, 2.05) is 14.0 Å². The predicted octanol–water partition coefficient (Wildman–Crippen LogP) is 3.50. The van der Waals surface area contributed by atoms with E-state index >= 15 is 0 Å². The number of aliphatic hydroxyl groups excluding tert-OH is 2. The van der Waals surface area contributed by atoms with Gasteiger partial charge in [-0.25, -0.2) is 0 Å². The predicted molar refractivity (Wildman–Crippen MR) is 153 cm³/mol. The highest BCUT2D eigenvalue weighted by Gasteiger charge is 2.21. The quantitative estimate of drug-likeness (QED) is 0.221. The van der Waals surface area contributed by atoms with Gasteiger partial charge in [-0.2, -0.15) is 0 Å². The Labute approximate surface area is 230 Å². The van der Waals surface area contributed by atoms with Crippen LogP contribution in [0.2, 0.25) is 5.02 Å². The average molecular weight is 561 g/mol. The molecule has 0 fully saturated rings. The Balaban J connectivity index is 0.000000638. The second-order valence-corrected chi connectivity index (χ2v) is 9.93. The van der Waals surface area contributed by atoms with Crippen LogP contribution in [-0.4, -0.2) is 51.7 Å². The molecule has 0 spiro atoms. The number of aliphatic hydroxyl groups is 2. The van der Waals surface area contributed by atoms with Gasteiger partial charge in [-0.05, 0) is 49.9 Å². The van der Waals surface area contributed by atoms with Crippen LogP contribution in [0.15, 0.2) is 59.7 Å². The number of aryl methyl sites for hydroxylation is 1. The lowest BCUT2D eigenvalue weighted by molar-refractivity contribution is -0.118. The zero-order chi connectivity index (χ0) is 28.2. The number of hydrogen-bond donors (Lipinski definition) is 4. The lowest BCUT2D eigenvalue weighted by Crippen LogP contribution is -2.30. The monoisotopic (exact) mass is 560 g/mol. The van der Waals surface area contributed by atoms with E-state index in [0.29, 0.717) is 21.8 Å². The SMILES string of the molecule is CCN(C)Cc1sc2c(=O)c(C(=O)NCc3ccc(Cl)cc3)cn(CC(N)=O)c2c1C.O/C=C\C=C\CO. The van der Waals surface area contributed by atoms with Crippen molar-refractivity contribution in [2.45, 2.75) is 33.5 Å². The summed E-state index contributed by atoms with van der Waals surface area (Å²) in [6.07, 6.45) is 6.84. The van der Waals surface area contributed by atoms with Crippen molar-refractivity contribution in [1.82, 2.24) is 14.8 Å². The highest BCUT2D eigenvalue weighted by molar-refractivity contribution is 7.19. The summed E-state index contributed by atoms with van der Waals surface area (Å²) >= 11 is 7.25. The summed E-state index contributed by atoms with van der Waals surface area (Å²) in [6.45, 7) is 5.67. The molecule has 3 aromatic rings. The zero-order valence-corrected chi connectivity index (χ0v) is 23.2. The number of fused-ring (bicyclic) bond motifs is 1. The van der Waals surface area contributed by atoms with Crippen LogP contribution in [0, 0.1) is 6.92 Å². The number of primary amides is 1. The number of nitrogens with one attached hydrogen (secondary N) is 1. The smallest absolute Gasteiger partial charge is 0.257 e. The van der Waals surface area contributed by atoms with Crippen LogP contribution in [0.25, 0.3) is 10.2 Å². The van der Waals surface area contributed by atoms with Crippen LogP contribution < -0.4 is 16.5 Å². The second kappa shape index (κ2) is 15.1. The number of pyridine rings is 1. The first-order valence-electron chi connectivity index (χ1n) is 11.8. The third-order valence-corrected chi connectivity index (χ3v) is 7.08. The topological polar surface area (TPSA) is 138 Å². The van der Waals surface area contributed by atoms with Crippen molar-refractivity contribution in [1.29, 1.82) is 0 Å². The molecule has 1 aromatic carbocycles. The number of carbonyl (C=O) groups is 2. The Morgan fingerprint density at radius 1 is 1.24 bits per heavy atom. The number of benzene rings is 1. The van der Waals surface area contributed by atoms with E-state index in [1.165, 1.54) is 29.7 Å². The number of thiophene rings is 1. The van der Waals surface area contributed by atoms with E-state index in [-0.39, 0.29) is 30.7 Å². The number of rotatable bonds is 10. The van der Waals surface area contributed by atoms with Gasteiger partial charge in [-0.15, -0.1) is 11.3 Å². The van der Waals surface area contributed by atoms with Gasteiger partial charge in [0.25, 0.3) is 5.91 Å². The van der Waals surface area contributed by atoms with E-state index in [9.17, 15) is 14.4 Å². The molecule has 3 rings (SSSR count). The van der Waals surface area contributed by atoms with Crippen molar-refractivity contribution in [2.75, 3.05) is 20.2 Å². The van der Waals surface area contributed by atoms with Crippen LogP contribution in [0.5, 0.6) is 0 Å². The molecule has 38 heavy (non-hydrogen) atoms. The van der Waals surface area contributed by atoms with E-state index in [0.717, 1.165) is 28.8 Å². The van der Waals surface area contributed by atoms with Crippen molar-refractivity contribution < 1.29 is 19.8 Å². The van der Waals surface area contributed by atoms with Crippen LogP contribution in [0.3, 0.4) is 0 Å². The molecule has 0 saturated heterocycles. The second-order valence-electron chi connectivity index (χ2n) is 8.39. The molecule has 2 amide bonds. The Hall–Kier alpha value is -3.44. The van der Waals surface area contributed by atoms with Gasteiger partial charge >= 0.3 is 0 Å². The number of carbonyl (C=O) groups excluding carboxylic acids is 2. The molecule has 0 aliphatic carbocycles. The molecule has 11 heteroatoms. The summed E-state index contributed by atoms with van der Waals surface area (Å²) in [5.74, 6) is -1.05. The van der Waals surface area contributed by atoms with Crippen molar-refractivity contribution in [3.8, 4) is 0 Å². The lowest BCUT2D eigenvalue weighted by atomic mass is 10.1. The minimum atomic E-state index is -0.546. The molecule has 0 radical (unpaired) electrons. The van der Waals surface area contributed by atoms with Gasteiger partial charge in [0.1, 0.15) is 12.1 Å². The molecule has 0 bridgehead atoms. The standard InChI is InChI=1S/C22H25ClN4O3S.C5H8O2/c1-4-26(3)11-17-13(2)19-21(31-17)20(29)16(10-27(19)12-18(24)28)22(30)25-9-14-5-7-15(23)8-6-14;6-4-2-1-3-5-7/h5-8,10H,4,9,11-12H2,1-3H3,(H2,24,28)(H,25,30);1-4,6-7H,5H2/b;3-1+,4-2-. The molecule has 0 aliphatic rings. The first-order chi connectivity index (χ1) is 18.1. The third kappa shape index (κ3) is 8.56. The Bertz CT molecular complexity index is 1360. The first-order valence-corrected chi connectivity index (χ1v) is 13.0. The van der Waals surface area contributed by atoms with Crippen LogP contribution >= 0.6 is 22.9 Å². The number of aromatic nitrogens is 1. The minimum Gasteiger partial charge on any atom is -0.516 e. The fraction of sp³-hybridized carbons (Fsp3) is 0.296. The van der Waals surface area contributed by atoms with Gasteiger partial charge < -0.3 is 30.7 Å². The molecule has 0 saturated carbocycles. The summed E-state index contributed by atoms with van der Waals surface area (Å²) in [5.41, 5.74) is 7.51. The molecule has 0 unspecified atom stereocenters. The molecule has 0 atom stereocenters. The number of hydrogen-bond acceptors (Lipinski definition) is 7. The summed E-state index contributed by atoms with van der Waals surface area (Å²) in [7, 11) is 2.00. The minimum absolute atomic E-state index is 0.0145. The van der Waals surface area contributed by atoms with Gasteiger partial charge in [0.2, 0.25) is 11.3 Å². The molecule has 2 aromatic heterocycles. The van der Waals surface area contributed by atoms with Crippen LogP contribution in [0.4, 0.5) is 0 Å². The molecule has 2 heterocycles. The molecular weight excluding hydrogens is 528 g/mol. The van der Waals surface area contributed by atoms with Crippen molar-refractivity contribution in [2.24, 2.45) is 5.73 Å². The fourth-order valence-electron chi connectivity index (χ4n) is 3.48. The Morgan fingerprint density at radius 3 is 2.50 bits per heavy atom. The van der Waals surface area contributed by atoms with E-state index in [1.54, 1.807) is 34.9 Å². The summed E-state index contributed by atoms with van der Waals surface area (Å²) in [6, 6.07) is 7.07. The highest BCUT2D eigenvalue weighted by atomic mass is 35.5. The largest absolute Gasteiger partial charge is 0.516 e. The molecule has 5 N–H and O–H groups in total. The maximum Gasteiger partial charge on any atom is 0.257 e. The van der Waals surface area contributed by atoms with Crippen LogP contribution in [-0.2, 0) is 24.4 Å². The fourth-order valence-corrected chi connectivity index (χ4v) is 4.96. The van der Waals surface area contributed by atoms with Gasteiger partial charge in [-0.3, -0.25) is 14.4 Å². The number of allylic oxidation sites excluding steroid dienone is 2. The Kier molecular flexibility index (Phi) is 12.2. The third-order valence-electron chi connectivity index (χ3n) is 5.57. The number of nitrogens with zero attached hydrogens (tertiary/aromatic N) is 2. The highest BCUT2D eigenvalue weighted by Crippen LogP contribution is 2.30. The summed E-state index contributed by atoms with van der Waals surface area (Å²) in [5, 5.41) is 19.4. The van der Waals surface area contributed by atoms with E-state index in [2.05, 4.69) is 17.1 Å². The maximum absolute atomic E-state index is 13.2. The molecular formula is C27H33ClN4O5S. The van der Waals surface area contributed by atoms with Gasteiger partial charge in [0.15, 0.2) is 0 Å².